The Labute approximate surface area is 148 Å². The molecule has 134 valence electrons. The summed E-state index contributed by atoms with van der Waals surface area (Å²) in [5.41, 5.74) is 4.77. The van der Waals surface area contributed by atoms with Crippen LogP contribution in [0.1, 0.15) is 34.7 Å². The molecule has 0 radical (unpaired) electrons. The number of aryl methyl sites for hydroxylation is 2. The number of hydrogen-bond acceptors (Lipinski definition) is 6. The van der Waals surface area contributed by atoms with Gasteiger partial charge in [-0.2, -0.15) is 4.98 Å². The molecule has 6 nitrogen and oxygen atoms in total. The summed E-state index contributed by atoms with van der Waals surface area (Å²) in [6.45, 7) is 6.89. The van der Waals surface area contributed by atoms with Gasteiger partial charge in [0.25, 0.3) is 0 Å². The van der Waals surface area contributed by atoms with Crippen molar-refractivity contribution in [1.29, 1.82) is 0 Å². The lowest BCUT2D eigenvalue weighted by atomic mass is 10.0. The topological polar surface area (TPSA) is 79.3 Å². The van der Waals surface area contributed by atoms with Crippen molar-refractivity contribution in [3.8, 4) is 0 Å². The third-order valence-corrected chi connectivity index (χ3v) is 4.45. The molecule has 6 heteroatoms. The van der Waals surface area contributed by atoms with Crippen LogP contribution in [0.3, 0.4) is 0 Å². The van der Waals surface area contributed by atoms with Crippen LogP contribution >= 0.6 is 0 Å². The van der Waals surface area contributed by atoms with Gasteiger partial charge < -0.3 is 20.5 Å². The SMILES string of the molecule is Cc1ccc(CNc2cc([C@@H]3CCOC3)nc(NCCO)n2)c(C)c1. The van der Waals surface area contributed by atoms with E-state index >= 15 is 0 Å². The van der Waals surface area contributed by atoms with E-state index in [2.05, 4.69) is 52.6 Å². The van der Waals surface area contributed by atoms with Crippen LogP contribution in [0, 0.1) is 13.8 Å². The first-order valence-corrected chi connectivity index (χ1v) is 8.77. The molecule has 0 amide bonds. The predicted molar refractivity (Wildman–Crippen MR) is 99.0 cm³/mol. The van der Waals surface area contributed by atoms with Crippen LogP contribution in [-0.2, 0) is 11.3 Å². The summed E-state index contributed by atoms with van der Waals surface area (Å²) < 4.78 is 5.49. The monoisotopic (exact) mass is 342 g/mol. The van der Waals surface area contributed by atoms with Crippen molar-refractivity contribution in [3.63, 3.8) is 0 Å². The highest BCUT2D eigenvalue weighted by Gasteiger charge is 2.20. The minimum absolute atomic E-state index is 0.0471. The van der Waals surface area contributed by atoms with Crippen molar-refractivity contribution in [2.75, 3.05) is 37.0 Å². The molecule has 0 bridgehead atoms. The van der Waals surface area contributed by atoms with E-state index in [9.17, 15) is 0 Å². The number of anilines is 2. The largest absolute Gasteiger partial charge is 0.395 e. The highest BCUT2D eigenvalue weighted by molar-refractivity contribution is 5.44. The van der Waals surface area contributed by atoms with E-state index in [1.165, 1.54) is 16.7 Å². The maximum atomic E-state index is 9.03. The van der Waals surface area contributed by atoms with Crippen molar-refractivity contribution in [2.24, 2.45) is 0 Å². The number of nitrogens with zero attached hydrogens (tertiary/aromatic N) is 2. The third-order valence-electron chi connectivity index (χ3n) is 4.45. The van der Waals surface area contributed by atoms with Crippen molar-refractivity contribution >= 4 is 11.8 Å². The number of aliphatic hydroxyl groups is 1. The Kier molecular flexibility index (Phi) is 5.83. The zero-order valence-corrected chi connectivity index (χ0v) is 14.9. The normalized spacial score (nSPS) is 16.8. The Hall–Kier alpha value is -2.18. The number of benzene rings is 1. The van der Waals surface area contributed by atoms with E-state index in [0.717, 1.165) is 24.5 Å². The van der Waals surface area contributed by atoms with Gasteiger partial charge in [0.1, 0.15) is 5.82 Å². The van der Waals surface area contributed by atoms with Gasteiger partial charge in [-0.25, -0.2) is 4.98 Å². The number of ether oxygens (including phenoxy) is 1. The standard InChI is InChI=1S/C19H26N4O2/c1-13-3-4-15(14(2)9-13)11-21-18-10-17(16-5-8-25-12-16)22-19(23-18)20-6-7-24/h3-4,9-10,16,24H,5-8,11-12H2,1-2H3,(H2,20,21,22,23)/t16-/m1/s1. The van der Waals surface area contributed by atoms with Crippen molar-refractivity contribution in [2.45, 2.75) is 32.7 Å². The number of rotatable bonds is 7. The first-order chi connectivity index (χ1) is 12.2. The molecular formula is C19H26N4O2. The molecule has 0 spiro atoms. The molecule has 2 aromatic rings. The van der Waals surface area contributed by atoms with Crippen molar-refractivity contribution in [1.82, 2.24) is 9.97 Å². The first-order valence-electron chi connectivity index (χ1n) is 8.77. The lowest BCUT2D eigenvalue weighted by Crippen LogP contribution is -2.13. The molecule has 1 aliphatic rings. The number of nitrogens with one attached hydrogen (secondary N) is 2. The van der Waals surface area contributed by atoms with Crippen LogP contribution in [0.4, 0.5) is 11.8 Å². The Morgan fingerprint density at radius 1 is 1.20 bits per heavy atom. The van der Waals surface area contributed by atoms with Crippen LogP contribution in [-0.4, -0.2) is 41.4 Å². The Balaban J connectivity index is 1.77. The molecule has 25 heavy (non-hydrogen) atoms. The number of aromatic nitrogens is 2. The van der Waals surface area contributed by atoms with Gasteiger partial charge in [-0.1, -0.05) is 23.8 Å². The highest BCUT2D eigenvalue weighted by atomic mass is 16.5. The molecule has 3 rings (SSSR count). The van der Waals surface area contributed by atoms with Gasteiger partial charge >= 0.3 is 0 Å². The maximum absolute atomic E-state index is 9.03. The lowest BCUT2D eigenvalue weighted by Gasteiger charge is -2.14. The molecule has 0 unspecified atom stereocenters. The summed E-state index contributed by atoms with van der Waals surface area (Å²) in [6, 6.07) is 8.47. The molecule has 2 heterocycles. The zero-order valence-electron chi connectivity index (χ0n) is 14.9. The summed E-state index contributed by atoms with van der Waals surface area (Å²) in [5.74, 6) is 1.64. The van der Waals surface area contributed by atoms with Crippen LogP contribution in [0.5, 0.6) is 0 Å². The van der Waals surface area contributed by atoms with Crippen molar-refractivity contribution in [3.05, 3.63) is 46.6 Å². The Morgan fingerprint density at radius 3 is 2.80 bits per heavy atom. The van der Waals surface area contributed by atoms with Gasteiger partial charge in [0, 0.05) is 31.7 Å². The van der Waals surface area contributed by atoms with E-state index in [4.69, 9.17) is 9.84 Å². The molecule has 1 saturated heterocycles. The molecule has 0 saturated carbocycles. The summed E-state index contributed by atoms with van der Waals surface area (Å²) in [6.07, 6.45) is 0.979. The van der Waals surface area contributed by atoms with Crippen LogP contribution in [0.25, 0.3) is 0 Å². The third kappa shape index (κ3) is 4.67. The Morgan fingerprint density at radius 2 is 2.08 bits per heavy atom. The second-order valence-electron chi connectivity index (χ2n) is 6.50. The number of aliphatic hydroxyl groups excluding tert-OH is 1. The van der Waals surface area contributed by atoms with Gasteiger partial charge in [-0.3, -0.25) is 0 Å². The minimum Gasteiger partial charge on any atom is -0.395 e. The van der Waals surface area contributed by atoms with E-state index in [0.29, 0.717) is 31.6 Å². The summed E-state index contributed by atoms with van der Waals surface area (Å²) >= 11 is 0. The minimum atomic E-state index is 0.0471. The molecule has 1 aromatic carbocycles. The zero-order chi connectivity index (χ0) is 17.6. The fraction of sp³-hybridized carbons (Fsp3) is 0.474. The molecule has 0 aliphatic carbocycles. The van der Waals surface area contributed by atoms with Crippen LogP contribution < -0.4 is 10.6 Å². The highest BCUT2D eigenvalue weighted by Crippen LogP contribution is 2.26. The second kappa shape index (κ2) is 8.27. The van der Waals surface area contributed by atoms with Gasteiger partial charge in [-0.05, 0) is 31.4 Å². The fourth-order valence-corrected chi connectivity index (χ4v) is 3.01. The van der Waals surface area contributed by atoms with Gasteiger partial charge in [-0.15, -0.1) is 0 Å². The number of hydrogen-bond donors (Lipinski definition) is 3. The van der Waals surface area contributed by atoms with E-state index in [-0.39, 0.29) is 6.61 Å². The Bertz CT molecular complexity index is 715. The van der Waals surface area contributed by atoms with Crippen LogP contribution in [0.2, 0.25) is 0 Å². The molecule has 1 aliphatic heterocycles. The molecular weight excluding hydrogens is 316 g/mol. The van der Waals surface area contributed by atoms with E-state index < -0.39 is 0 Å². The summed E-state index contributed by atoms with van der Waals surface area (Å²) in [7, 11) is 0. The quantitative estimate of drug-likeness (QED) is 0.718. The van der Waals surface area contributed by atoms with Crippen LogP contribution in [0.15, 0.2) is 24.3 Å². The van der Waals surface area contributed by atoms with Gasteiger partial charge in [0.2, 0.25) is 5.95 Å². The fourth-order valence-electron chi connectivity index (χ4n) is 3.01. The van der Waals surface area contributed by atoms with E-state index in [1.807, 2.05) is 6.07 Å². The molecule has 3 N–H and O–H groups in total. The van der Waals surface area contributed by atoms with E-state index in [1.54, 1.807) is 0 Å². The molecule has 1 aromatic heterocycles. The smallest absolute Gasteiger partial charge is 0.224 e. The molecule has 1 fully saturated rings. The second-order valence-corrected chi connectivity index (χ2v) is 6.50. The van der Waals surface area contributed by atoms with Crippen molar-refractivity contribution < 1.29 is 9.84 Å². The summed E-state index contributed by atoms with van der Waals surface area (Å²) in [5, 5.41) is 15.5. The first kappa shape index (κ1) is 17.6. The average molecular weight is 342 g/mol. The summed E-state index contributed by atoms with van der Waals surface area (Å²) in [4.78, 5) is 9.10. The lowest BCUT2D eigenvalue weighted by molar-refractivity contribution is 0.193. The average Bonchev–Trinajstić information content (AvgIpc) is 3.14. The van der Waals surface area contributed by atoms with Gasteiger partial charge in [0.05, 0.1) is 18.9 Å². The predicted octanol–water partition coefficient (Wildman–Crippen LogP) is 2.61. The van der Waals surface area contributed by atoms with Gasteiger partial charge in [0.15, 0.2) is 0 Å². The maximum Gasteiger partial charge on any atom is 0.224 e. The molecule has 1 atom stereocenters.